The van der Waals surface area contributed by atoms with Crippen molar-refractivity contribution in [3.8, 4) is 12.1 Å². The highest BCUT2D eigenvalue weighted by atomic mass is 16.2. The first-order valence-corrected chi connectivity index (χ1v) is 5.67. The minimum atomic E-state index is -0.119. The second-order valence-corrected chi connectivity index (χ2v) is 4.80. The van der Waals surface area contributed by atoms with E-state index >= 15 is 0 Å². The van der Waals surface area contributed by atoms with Gasteiger partial charge in [0.25, 0.3) is 0 Å². The zero-order chi connectivity index (χ0) is 13.3. The number of nitrogens with one attached hydrogen (secondary N) is 1. The molecule has 0 aromatic rings. The van der Waals surface area contributed by atoms with E-state index in [1.807, 2.05) is 32.9 Å². The summed E-state index contributed by atoms with van der Waals surface area (Å²) in [5.41, 5.74) is -0.119. The maximum atomic E-state index is 11.8. The number of amides is 1. The third-order valence-corrected chi connectivity index (χ3v) is 2.11. The Balaban J connectivity index is 4.23. The molecule has 1 N–H and O–H groups in total. The van der Waals surface area contributed by atoms with Gasteiger partial charge in [-0.15, -0.1) is 0 Å². The first-order chi connectivity index (χ1) is 7.90. The number of carbonyl (C=O) groups is 1. The summed E-state index contributed by atoms with van der Waals surface area (Å²) in [5.74, 6) is -0.0644. The van der Waals surface area contributed by atoms with E-state index in [9.17, 15) is 4.79 Å². The molecule has 0 bridgehead atoms. The van der Waals surface area contributed by atoms with E-state index in [2.05, 4.69) is 5.32 Å². The van der Waals surface area contributed by atoms with Crippen LogP contribution in [0.4, 0.5) is 0 Å². The lowest BCUT2D eigenvalue weighted by Gasteiger charge is -2.25. The van der Waals surface area contributed by atoms with Crippen LogP contribution in [-0.2, 0) is 4.79 Å². The van der Waals surface area contributed by atoms with Gasteiger partial charge in [0, 0.05) is 18.6 Å². The summed E-state index contributed by atoms with van der Waals surface area (Å²) in [6.07, 6.45) is 0.597. The summed E-state index contributed by atoms with van der Waals surface area (Å²) in [6.45, 7) is 6.96. The van der Waals surface area contributed by atoms with E-state index in [0.29, 0.717) is 25.9 Å². The molecule has 0 aromatic carbocycles. The highest BCUT2D eigenvalue weighted by molar-refractivity contribution is 5.78. The van der Waals surface area contributed by atoms with E-state index in [-0.39, 0.29) is 18.0 Å². The van der Waals surface area contributed by atoms with Gasteiger partial charge >= 0.3 is 0 Å². The topological polar surface area (TPSA) is 79.9 Å². The molecule has 0 unspecified atom stereocenters. The molecule has 17 heavy (non-hydrogen) atoms. The normalized spacial score (nSPS) is 10.4. The van der Waals surface area contributed by atoms with Crippen molar-refractivity contribution in [2.45, 2.75) is 39.2 Å². The van der Waals surface area contributed by atoms with Crippen LogP contribution in [0.5, 0.6) is 0 Å². The van der Waals surface area contributed by atoms with E-state index < -0.39 is 0 Å². The Bertz CT molecular complexity index is 301. The SMILES string of the molecule is CC(C)(C)NCC(=O)N(CCC#N)CCC#N. The Labute approximate surface area is 103 Å². The van der Waals surface area contributed by atoms with Gasteiger partial charge in [0.1, 0.15) is 0 Å². The lowest BCUT2D eigenvalue weighted by molar-refractivity contribution is -0.130. The van der Waals surface area contributed by atoms with Crippen molar-refractivity contribution >= 4 is 5.91 Å². The van der Waals surface area contributed by atoms with E-state index in [1.54, 1.807) is 4.90 Å². The quantitative estimate of drug-likeness (QED) is 0.747. The number of nitrogens with zero attached hydrogens (tertiary/aromatic N) is 3. The molecule has 0 rings (SSSR count). The monoisotopic (exact) mass is 236 g/mol. The highest BCUT2D eigenvalue weighted by Crippen LogP contribution is 2.00. The number of nitriles is 2. The Morgan fingerprint density at radius 1 is 1.18 bits per heavy atom. The molecule has 0 heterocycles. The largest absolute Gasteiger partial charge is 0.340 e. The van der Waals surface area contributed by atoms with Gasteiger partial charge in [0.15, 0.2) is 0 Å². The summed E-state index contributed by atoms with van der Waals surface area (Å²) < 4.78 is 0. The van der Waals surface area contributed by atoms with Gasteiger partial charge in [-0.3, -0.25) is 4.79 Å². The van der Waals surface area contributed by atoms with Crippen LogP contribution < -0.4 is 5.32 Å². The Morgan fingerprint density at radius 2 is 1.65 bits per heavy atom. The van der Waals surface area contributed by atoms with Gasteiger partial charge in [-0.25, -0.2) is 0 Å². The average molecular weight is 236 g/mol. The molecule has 0 saturated heterocycles. The Morgan fingerprint density at radius 3 is 2.00 bits per heavy atom. The predicted octanol–water partition coefficient (Wildman–Crippen LogP) is 1.03. The first-order valence-electron chi connectivity index (χ1n) is 5.67. The molecule has 1 amide bonds. The predicted molar refractivity (Wildman–Crippen MR) is 64.8 cm³/mol. The van der Waals surface area contributed by atoms with E-state index in [1.165, 1.54) is 0 Å². The zero-order valence-corrected chi connectivity index (χ0v) is 10.8. The maximum Gasteiger partial charge on any atom is 0.236 e. The smallest absolute Gasteiger partial charge is 0.236 e. The summed E-state index contributed by atoms with van der Waals surface area (Å²) in [4.78, 5) is 13.4. The molecule has 5 nitrogen and oxygen atoms in total. The molecule has 0 aliphatic carbocycles. The third-order valence-electron chi connectivity index (χ3n) is 2.11. The van der Waals surface area contributed by atoms with Crippen molar-refractivity contribution in [2.24, 2.45) is 0 Å². The van der Waals surface area contributed by atoms with Crippen LogP contribution in [0.15, 0.2) is 0 Å². The number of carbonyl (C=O) groups excluding carboxylic acids is 1. The van der Waals surface area contributed by atoms with Gasteiger partial charge in [-0.05, 0) is 20.8 Å². The van der Waals surface area contributed by atoms with Crippen molar-refractivity contribution in [3.05, 3.63) is 0 Å². The standard InChI is InChI=1S/C12H20N4O/c1-12(2,3)15-10-11(17)16(8-4-6-13)9-5-7-14/h15H,4-5,8-10H2,1-3H3. The molecule has 0 saturated carbocycles. The number of hydrogen-bond donors (Lipinski definition) is 1. The summed E-state index contributed by atoms with van der Waals surface area (Å²) in [6, 6.07) is 4.01. The van der Waals surface area contributed by atoms with Gasteiger partial charge in [-0.2, -0.15) is 10.5 Å². The van der Waals surface area contributed by atoms with E-state index in [0.717, 1.165) is 0 Å². The van der Waals surface area contributed by atoms with Crippen LogP contribution in [0.25, 0.3) is 0 Å². The molecule has 0 radical (unpaired) electrons. The van der Waals surface area contributed by atoms with Crippen molar-refractivity contribution in [1.82, 2.24) is 10.2 Å². The molecule has 0 fully saturated rings. The summed E-state index contributed by atoms with van der Waals surface area (Å²) in [5, 5.41) is 20.1. The summed E-state index contributed by atoms with van der Waals surface area (Å²) in [7, 11) is 0. The van der Waals surface area contributed by atoms with Gasteiger partial charge in [0.2, 0.25) is 5.91 Å². The van der Waals surface area contributed by atoms with Crippen molar-refractivity contribution < 1.29 is 4.79 Å². The van der Waals surface area contributed by atoms with Crippen molar-refractivity contribution in [1.29, 1.82) is 10.5 Å². The minimum Gasteiger partial charge on any atom is -0.340 e. The maximum absolute atomic E-state index is 11.8. The molecule has 0 spiro atoms. The Hall–Kier alpha value is -1.59. The van der Waals surface area contributed by atoms with Gasteiger partial charge in [0.05, 0.1) is 31.5 Å². The van der Waals surface area contributed by atoms with Gasteiger partial charge < -0.3 is 10.2 Å². The van der Waals surface area contributed by atoms with Crippen LogP contribution in [0.2, 0.25) is 0 Å². The van der Waals surface area contributed by atoms with Crippen LogP contribution in [0.3, 0.4) is 0 Å². The van der Waals surface area contributed by atoms with E-state index in [4.69, 9.17) is 10.5 Å². The number of rotatable bonds is 6. The molecule has 0 aliphatic heterocycles. The second kappa shape index (κ2) is 7.65. The molecular formula is C12H20N4O. The number of hydrogen-bond acceptors (Lipinski definition) is 4. The average Bonchev–Trinajstić information content (AvgIpc) is 2.25. The van der Waals surface area contributed by atoms with Crippen LogP contribution in [-0.4, -0.2) is 36.0 Å². The highest BCUT2D eigenvalue weighted by Gasteiger charge is 2.16. The fourth-order valence-electron chi connectivity index (χ4n) is 1.18. The lowest BCUT2D eigenvalue weighted by Crippen LogP contribution is -2.45. The van der Waals surface area contributed by atoms with Crippen molar-refractivity contribution in [2.75, 3.05) is 19.6 Å². The molecule has 0 aliphatic rings. The van der Waals surface area contributed by atoms with Crippen LogP contribution in [0.1, 0.15) is 33.6 Å². The third kappa shape index (κ3) is 8.24. The molecule has 0 atom stereocenters. The Kier molecular flexibility index (Phi) is 6.93. The van der Waals surface area contributed by atoms with Gasteiger partial charge in [-0.1, -0.05) is 0 Å². The molecule has 0 aromatic heterocycles. The first kappa shape index (κ1) is 15.4. The molecule has 5 heteroatoms. The fourth-order valence-corrected chi connectivity index (χ4v) is 1.18. The summed E-state index contributed by atoms with van der Waals surface area (Å²) >= 11 is 0. The fraction of sp³-hybridized carbons (Fsp3) is 0.750. The van der Waals surface area contributed by atoms with Crippen LogP contribution >= 0.6 is 0 Å². The lowest BCUT2D eigenvalue weighted by atomic mass is 10.1. The zero-order valence-electron chi connectivity index (χ0n) is 10.8. The second-order valence-electron chi connectivity index (χ2n) is 4.80. The molecular weight excluding hydrogens is 216 g/mol. The van der Waals surface area contributed by atoms with Crippen molar-refractivity contribution in [3.63, 3.8) is 0 Å². The molecule has 94 valence electrons. The minimum absolute atomic E-state index is 0.0644. The van der Waals surface area contributed by atoms with Crippen LogP contribution in [0, 0.1) is 22.7 Å².